The number of nitrogens with one attached hydrogen (secondary N) is 1. The minimum atomic E-state index is -4.42. The molecule has 0 saturated heterocycles. The molecule has 7 heteroatoms. The van der Waals surface area contributed by atoms with E-state index in [1.54, 1.807) is 24.5 Å². The van der Waals surface area contributed by atoms with Gasteiger partial charge in [0.05, 0.1) is 11.3 Å². The Morgan fingerprint density at radius 3 is 2.41 bits per heavy atom. The Kier molecular flexibility index (Phi) is 3.84. The summed E-state index contributed by atoms with van der Waals surface area (Å²) in [6.45, 7) is 0. The van der Waals surface area contributed by atoms with Crippen molar-refractivity contribution in [2.24, 2.45) is 0 Å². The second kappa shape index (κ2) is 6.41. The number of fused-ring (bicyclic) bond motifs is 2. The second-order valence-electron chi connectivity index (χ2n) is 6.61. The minimum Gasteiger partial charge on any atom is -0.346 e. The van der Waals surface area contributed by atoms with E-state index >= 15 is 0 Å². The summed E-state index contributed by atoms with van der Waals surface area (Å²) in [6.07, 6.45) is 0.737. The molecule has 0 bridgehead atoms. The van der Waals surface area contributed by atoms with Crippen molar-refractivity contribution in [1.29, 1.82) is 0 Å². The summed E-state index contributed by atoms with van der Waals surface area (Å²) in [5.41, 5.74) is 3.02. The van der Waals surface area contributed by atoms with Crippen LogP contribution in [0.3, 0.4) is 0 Å². The molecule has 0 unspecified atom stereocenters. The van der Waals surface area contributed by atoms with E-state index in [-0.39, 0.29) is 0 Å². The van der Waals surface area contributed by atoms with Crippen molar-refractivity contribution in [2.45, 2.75) is 6.18 Å². The van der Waals surface area contributed by atoms with Gasteiger partial charge in [-0.05, 0) is 48.0 Å². The molecule has 29 heavy (non-hydrogen) atoms. The largest absolute Gasteiger partial charge is 0.416 e. The predicted molar refractivity (Wildman–Crippen MR) is 105 cm³/mol. The van der Waals surface area contributed by atoms with Crippen molar-refractivity contribution in [3.63, 3.8) is 0 Å². The van der Waals surface area contributed by atoms with Crippen LogP contribution in [0.1, 0.15) is 5.56 Å². The fraction of sp³-hybridized carbons (Fsp3) is 0.0455. The number of aromatic amines is 1. The highest BCUT2D eigenvalue weighted by Gasteiger charge is 2.30. The summed E-state index contributed by atoms with van der Waals surface area (Å²) >= 11 is 0. The lowest BCUT2D eigenvalue weighted by Crippen LogP contribution is -2.04. The molecular formula is C22H13F3N4. The van der Waals surface area contributed by atoms with Crippen LogP contribution < -0.4 is 0 Å². The molecule has 0 aliphatic rings. The first-order valence-corrected chi connectivity index (χ1v) is 8.86. The first-order valence-electron chi connectivity index (χ1n) is 8.86. The highest BCUT2D eigenvalue weighted by molar-refractivity contribution is 6.03. The third-order valence-electron chi connectivity index (χ3n) is 4.81. The number of H-pyrrole nitrogens is 1. The highest BCUT2D eigenvalue weighted by Crippen LogP contribution is 2.36. The molecule has 0 fully saturated rings. The molecule has 5 aromatic rings. The van der Waals surface area contributed by atoms with Gasteiger partial charge in [0.1, 0.15) is 5.65 Å². The first-order chi connectivity index (χ1) is 14.0. The lowest BCUT2D eigenvalue weighted by Gasteiger charge is -2.11. The van der Waals surface area contributed by atoms with Crippen LogP contribution in [0.5, 0.6) is 0 Å². The Bertz CT molecular complexity index is 1360. The fourth-order valence-corrected chi connectivity index (χ4v) is 3.46. The standard InChI is InChI=1S/C22H13F3N4/c23-22(24,25)14-5-1-4-13(10-14)19-11-17(15-6-2-9-27-21(15)29-19)18-12-28-20-16(18)7-3-8-26-20/h1-12H,(H,26,28). The smallest absolute Gasteiger partial charge is 0.346 e. The molecule has 5 rings (SSSR count). The third-order valence-corrected chi connectivity index (χ3v) is 4.81. The van der Waals surface area contributed by atoms with Gasteiger partial charge in [-0.15, -0.1) is 0 Å². The monoisotopic (exact) mass is 390 g/mol. The van der Waals surface area contributed by atoms with Gasteiger partial charge >= 0.3 is 6.18 Å². The number of alkyl halides is 3. The molecule has 142 valence electrons. The van der Waals surface area contributed by atoms with Crippen LogP contribution in [0.25, 0.3) is 44.5 Å². The van der Waals surface area contributed by atoms with Crippen molar-refractivity contribution >= 4 is 22.1 Å². The van der Waals surface area contributed by atoms with Crippen LogP contribution in [-0.2, 0) is 6.18 Å². The summed E-state index contributed by atoms with van der Waals surface area (Å²) in [6, 6.07) is 14.5. The molecule has 4 aromatic heterocycles. The summed E-state index contributed by atoms with van der Waals surface area (Å²) in [5, 5.41) is 1.73. The van der Waals surface area contributed by atoms with Crippen LogP contribution in [0, 0.1) is 0 Å². The Hall–Kier alpha value is -3.74. The van der Waals surface area contributed by atoms with Gasteiger partial charge < -0.3 is 4.98 Å². The van der Waals surface area contributed by atoms with Gasteiger partial charge in [0, 0.05) is 40.5 Å². The number of benzene rings is 1. The maximum absolute atomic E-state index is 13.2. The molecular weight excluding hydrogens is 377 g/mol. The van der Waals surface area contributed by atoms with Crippen LogP contribution in [0.4, 0.5) is 13.2 Å². The molecule has 0 atom stereocenters. The van der Waals surface area contributed by atoms with E-state index in [1.165, 1.54) is 6.07 Å². The molecule has 0 aliphatic carbocycles. The maximum atomic E-state index is 13.2. The van der Waals surface area contributed by atoms with Gasteiger partial charge in [0.15, 0.2) is 5.65 Å². The summed E-state index contributed by atoms with van der Waals surface area (Å²) in [4.78, 5) is 16.3. The van der Waals surface area contributed by atoms with Gasteiger partial charge in [-0.1, -0.05) is 12.1 Å². The Morgan fingerprint density at radius 2 is 1.59 bits per heavy atom. The SMILES string of the molecule is FC(F)(F)c1cccc(-c2cc(-c3c[nH]c4ncccc34)c3cccnc3n2)c1. The van der Waals surface area contributed by atoms with Crippen molar-refractivity contribution in [1.82, 2.24) is 19.9 Å². The zero-order valence-electron chi connectivity index (χ0n) is 14.9. The number of nitrogens with zero attached hydrogens (tertiary/aromatic N) is 3. The van der Waals surface area contributed by atoms with Gasteiger partial charge in [-0.3, -0.25) is 0 Å². The highest BCUT2D eigenvalue weighted by atomic mass is 19.4. The number of aromatic nitrogens is 4. The van der Waals surface area contributed by atoms with E-state index in [0.717, 1.165) is 39.7 Å². The third kappa shape index (κ3) is 3.00. The normalized spacial score (nSPS) is 12.0. The molecule has 0 radical (unpaired) electrons. The zero-order valence-corrected chi connectivity index (χ0v) is 14.9. The number of rotatable bonds is 2. The van der Waals surface area contributed by atoms with Crippen molar-refractivity contribution in [2.75, 3.05) is 0 Å². The number of halogens is 3. The Balaban J connectivity index is 1.78. The van der Waals surface area contributed by atoms with Crippen LogP contribution in [-0.4, -0.2) is 19.9 Å². The van der Waals surface area contributed by atoms with Gasteiger partial charge in [-0.2, -0.15) is 13.2 Å². The minimum absolute atomic E-state index is 0.381. The predicted octanol–water partition coefficient (Wildman–Crippen LogP) is 5.86. The fourth-order valence-electron chi connectivity index (χ4n) is 3.46. The molecule has 1 N–H and O–H groups in total. The average Bonchev–Trinajstić information content (AvgIpc) is 3.16. The van der Waals surface area contributed by atoms with Gasteiger partial charge in [-0.25, -0.2) is 15.0 Å². The Morgan fingerprint density at radius 1 is 0.793 bits per heavy atom. The lowest BCUT2D eigenvalue weighted by atomic mass is 9.99. The van der Waals surface area contributed by atoms with E-state index in [4.69, 9.17) is 0 Å². The second-order valence-corrected chi connectivity index (χ2v) is 6.61. The summed E-state index contributed by atoms with van der Waals surface area (Å²) in [5.74, 6) is 0. The molecule has 0 spiro atoms. The van der Waals surface area contributed by atoms with Crippen LogP contribution in [0.15, 0.2) is 73.2 Å². The molecule has 0 aliphatic heterocycles. The average molecular weight is 390 g/mol. The topological polar surface area (TPSA) is 54.5 Å². The molecule has 0 amide bonds. The number of hydrogen-bond donors (Lipinski definition) is 1. The van der Waals surface area contributed by atoms with Gasteiger partial charge in [0.2, 0.25) is 0 Å². The van der Waals surface area contributed by atoms with Crippen LogP contribution in [0.2, 0.25) is 0 Å². The molecule has 4 heterocycles. The van der Waals surface area contributed by atoms with E-state index in [0.29, 0.717) is 16.9 Å². The van der Waals surface area contributed by atoms with E-state index < -0.39 is 11.7 Å². The van der Waals surface area contributed by atoms with Crippen molar-refractivity contribution in [3.05, 3.63) is 78.8 Å². The van der Waals surface area contributed by atoms with Crippen molar-refractivity contribution in [3.8, 4) is 22.4 Å². The van der Waals surface area contributed by atoms with Crippen LogP contribution >= 0.6 is 0 Å². The van der Waals surface area contributed by atoms with E-state index in [2.05, 4.69) is 19.9 Å². The zero-order chi connectivity index (χ0) is 20.0. The van der Waals surface area contributed by atoms with E-state index in [1.807, 2.05) is 30.5 Å². The number of hydrogen-bond acceptors (Lipinski definition) is 3. The molecule has 1 aromatic carbocycles. The first kappa shape index (κ1) is 17.4. The molecule has 0 saturated carbocycles. The van der Waals surface area contributed by atoms with E-state index in [9.17, 15) is 13.2 Å². The summed E-state index contributed by atoms with van der Waals surface area (Å²) < 4.78 is 39.5. The lowest BCUT2D eigenvalue weighted by molar-refractivity contribution is -0.137. The summed E-state index contributed by atoms with van der Waals surface area (Å²) in [7, 11) is 0. The van der Waals surface area contributed by atoms with Gasteiger partial charge in [0.25, 0.3) is 0 Å². The Labute approximate surface area is 163 Å². The molecule has 4 nitrogen and oxygen atoms in total. The number of pyridine rings is 3. The maximum Gasteiger partial charge on any atom is 0.416 e. The quantitative estimate of drug-likeness (QED) is 0.411. The van der Waals surface area contributed by atoms with Crippen molar-refractivity contribution < 1.29 is 13.2 Å².